The zero-order valence-corrected chi connectivity index (χ0v) is 6.89. The summed E-state index contributed by atoms with van der Waals surface area (Å²) in [6, 6.07) is 3.05. The van der Waals surface area contributed by atoms with E-state index in [0.717, 1.165) is 0 Å². The summed E-state index contributed by atoms with van der Waals surface area (Å²) in [5, 5.41) is 0.0966. The number of aromatic amines is 1. The molecule has 1 N–H and O–H groups in total. The van der Waals surface area contributed by atoms with Gasteiger partial charge in [0.05, 0.1) is 6.61 Å². The molecule has 0 fully saturated rings. The number of H-pyrrole nitrogens is 1. The van der Waals surface area contributed by atoms with Crippen LogP contribution in [0.5, 0.6) is 0 Å². The third-order valence-corrected chi connectivity index (χ3v) is 2.45. The molecule has 0 saturated heterocycles. The number of aromatic nitrogens is 1. The third-order valence-electron chi connectivity index (χ3n) is 1.11. The van der Waals surface area contributed by atoms with Gasteiger partial charge in [-0.25, -0.2) is 0 Å². The first-order valence-corrected chi connectivity index (χ1v) is 4.60. The summed E-state index contributed by atoms with van der Waals surface area (Å²) in [4.78, 5) is 2.55. The second kappa shape index (κ2) is 7.48. The van der Waals surface area contributed by atoms with E-state index < -0.39 is 10.1 Å². The van der Waals surface area contributed by atoms with Crippen molar-refractivity contribution in [2.75, 3.05) is 6.61 Å². The van der Waals surface area contributed by atoms with E-state index in [4.69, 9.17) is 0 Å². The Balaban J connectivity index is 0. The monoisotopic (exact) mass is 223 g/mol. The van der Waals surface area contributed by atoms with Gasteiger partial charge in [0, 0.05) is 6.20 Å². The van der Waals surface area contributed by atoms with Crippen molar-refractivity contribution in [3.63, 3.8) is 0 Å². The van der Waals surface area contributed by atoms with Gasteiger partial charge in [0.25, 0.3) is 0 Å². The molecule has 0 aliphatic carbocycles. The quantitative estimate of drug-likeness (QED) is 0.552. The van der Waals surface area contributed by atoms with E-state index in [-0.39, 0.29) is 70.7 Å². The summed E-state index contributed by atoms with van der Waals surface area (Å²) in [5.74, 6) is 0. The van der Waals surface area contributed by atoms with Gasteiger partial charge in [0.1, 0.15) is 0 Å². The molecule has 0 bridgehead atoms. The molecule has 0 unspecified atom stereocenters. The fourth-order valence-electron chi connectivity index (χ4n) is 0.688. The molecule has 1 aromatic heterocycles. The molecule has 0 aliphatic rings. The number of hydrogen-bond acceptors (Lipinski definition) is 3. The Morgan fingerprint density at radius 1 is 1.46 bits per heavy atom. The Bertz CT molecular complexity index is 309. The van der Waals surface area contributed by atoms with Crippen LogP contribution < -0.4 is 0 Å². The molecule has 7 heteroatoms. The molecule has 0 aromatic carbocycles. The van der Waals surface area contributed by atoms with Gasteiger partial charge in [-0.15, -0.1) is 0 Å². The maximum atomic E-state index is 11.0. The van der Waals surface area contributed by atoms with Crippen LogP contribution in [0.25, 0.3) is 0 Å². The molecule has 0 spiro atoms. The van der Waals surface area contributed by atoms with Gasteiger partial charge in [-0.05, 0) is 19.1 Å². The average molecular weight is 223 g/mol. The van der Waals surface area contributed by atoms with Gasteiger partial charge >= 0.3 is 69.2 Å². The van der Waals surface area contributed by atoms with Crippen LogP contribution >= 0.6 is 0 Å². The Hall–Kier alpha value is 1.19. The second-order valence-corrected chi connectivity index (χ2v) is 3.48. The van der Waals surface area contributed by atoms with Crippen molar-refractivity contribution in [2.24, 2.45) is 0 Å². The number of rotatable bonds is 3. The van der Waals surface area contributed by atoms with Crippen LogP contribution in [0.15, 0.2) is 23.4 Å². The summed E-state index contributed by atoms with van der Waals surface area (Å²) >= 11 is 0. The van der Waals surface area contributed by atoms with E-state index in [0.29, 0.717) is 0 Å². The minimum absolute atomic E-state index is 0. The van der Waals surface area contributed by atoms with E-state index in [1.165, 1.54) is 12.3 Å². The first-order valence-electron chi connectivity index (χ1n) is 3.19. The van der Waals surface area contributed by atoms with Crippen molar-refractivity contribution in [1.82, 2.24) is 4.98 Å². The molecule has 13 heavy (non-hydrogen) atoms. The fraction of sp³-hybridized carbons (Fsp3) is 0.333. The summed E-state index contributed by atoms with van der Waals surface area (Å²) in [7, 11) is -3.52. The Morgan fingerprint density at radius 3 is 2.46 bits per heavy atom. The zero-order valence-electron chi connectivity index (χ0n) is 6.07. The maximum absolute atomic E-state index is 11.0. The summed E-state index contributed by atoms with van der Waals surface area (Å²) in [6.07, 6.45) is 1.53. The van der Waals surface area contributed by atoms with Gasteiger partial charge in [-0.2, -0.15) is 8.42 Å². The summed E-state index contributed by atoms with van der Waals surface area (Å²) in [5.41, 5.74) is 0. The molecule has 4 nitrogen and oxygen atoms in total. The van der Waals surface area contributed by atoms with Crippen LogP contribution in [-0.4, -0.2) is 79.1 Å². The SMILES string of the molecule is CCOS(=O)(=O)c1ccc[nH]1.[NaH].[NaH]. The molecule has 1 aromatic rings. The molecule has 1 heterocycles. The van der Waals surface area contributed by atoms with Crippen LogP contribution in [0.3, 0.4) is 0 Å². The van der Waals surface area contributed by atoms with Crippen molar-refractivity contribution in [3.8, 4) is 0 Å². The molecule has 1 rings (SSSR count). The van der Waals surface area contributed by atoms with Crippen molar-refractivity contribution >= 4 is 69.2 Å². The first kappa shape index (κ1) is 16.6. The van der Waals surface area contributed by atoms with Crippen molar-refractivity contribution in [2.45, 2.75) is 11.9 Å². The predicted octanol–water partition coefficient (Wildman–Crippen LogP) is -0.557. The standard InChI is InChI=1S/C6H9NO3S.2Na.2H/c1-2-10-11(8,9)6-4-3-5-7-6;;;;/h3-5,7H,2H2,1H3;;;;. The van der Waals surface area contributed by atoms with Crippen LogP contribution in [-0.2, 0) is 14.3 Å². The molecular weight excluding hydrogens is 212 g/mol. The van der Waals surface area contributed by atoms with Gasteiger partial charge in [0.15, 0.2) is 5.03 Å². The minimum atomic E-state index is -3.52. The summed E-state index contributed by atoms with van der Waals surface area (Å²) in [6.45, 7) is 1.78. The van der Waals surface area contributed by atoms with E-state index in [9.17, 15) is 8.42 Å². The second-order valence-electron chi connectivity index (χ2n) is 1.90. The van der Waals surface area contributed by atoms with Gasteiger partial charge in [-0.1, -0.05) is 0 Å². The predicted molar refractivity (Wildman–Crippen MR) is 53.9 cm³/mol. The fourth-order valence-corrected chi connectivity index (χ4v) is 1.58. The number of nitrogens with one attached hydrogen (secondary N) is 1. The Labute approximate surface area is 122 Å². The van der Waals surface area contributed by atoms with Crippen LogP contribution in [0.2, 0.25) is 0 Å². The van der Waals surface area contributed by atoms with E-state index >= 15 is 0 Å². The zero-order chi connectivity index (χ0) is 8.32. The molecule has 0 radical (unpaired) electrons. The van der Waals surface area contributed by atoms with Gasteiger partial charge in [-0.3, -0.25) is 4.18 Å². The van der Waals surface area contributed by atoms with Crippen molar-refractivity contribution < 1.29 is 12.6 Å². The summed E-state index contributed by atoms with van der Waals surface area (Å²) < 4.78 is 26.6. The molecule has 66 valence electrons. The molecular formula is C6H11NNa2O3S. The van der Waals surface area contributed by atoms with E-state index in [1.54, 1.807) is 13.0 Å². The molecule has 0 atom stereocenters. The van der Waals surface area contributed by atoms with Crippen molar-refractivity contribution in [1.29, 1.82) is 0 Å². The normalized spacial score (nSPS) is 9.92. The third kappa shape index (κ3) is 4.99. The molecule has 0 amide bonds. The van der Waals surface area contributed by atoms with E-state index in [2.05, 4.69) is 9.17 Å². The first-order chi connectivity index (χ1) is 5.17. The molecule has 0 aliphatic heterocycles. The van der Waals surface area contributed by atoms with E-state index in [1.807, 2.05) is 0 Å². The van der Waals surface area contributed by atoms with Crippen LogP contribution in [0.4, 0.5) is 0 Å². The average Bonchev–Trinajstić information content (AvgIpc) is 2.37. The topological polar surface area (TPSA) is 59.2 Å². The van der Waals surface area contributed by atoms with Crippen LogP contribution in [0.1, 0.15) is 6.92 Å². The van der Waals surface area contributed by atoms with Crippen LogP contribution in [0, 0.1) is 0 Å². The number of hydrogen-bond donors (Lipinski definition) is 1. The molecule has 0 saturated carbocycles. The Morgan fingerprint density at radius 2 is 2.08 bits per heavy atom. The van der Waals surface area contributed by atoms with Gasteiger partial charge < -0.3 is 4.98 Å². The van der Waals surface area contributed by atoms with Crippen molar-refractivity contribution in [3.05, 3.63) is 18.3 Å². The van der Waals surface area contributed by atoms with Gasteiger partial charge in [0.2, 0.25) is 0 Å². The Kier molecular flexibility index (Phi) is 9.56.